The number of piperidine rings is 1. The van der Waals surface area contributed by atoms with E-state index in [2.05, 4.69) is 28.1 Å². The zero-order valence-corrected chi connectivity index (χ0v) is 22.0. The Hall–Kier alpha value is -4.08. The summed E-state index contributed by atoms with van der Waals surface area (Å²) < 4.78 is 1.91. The molecule has 0 aliphatic carbocycles. The summed E-state index contributed by atoms with van der Waals surface area (Å²) in [4.78, 5) is 35.1. The van der Waals surface area contributed by atoms with Crippen molar-refractivity contribution in [3.8, 4) is 0 Å². The van der Waals surface area contributed by atoms with Gasteiger partial charge in [-0.3, -0.25) is 14.8 Å². The molecule has 0 radical (unpaired) electrons. The molecule has 0 saturated carbocycles. The third-order valence-electron chi connectivity index (χ3n) is 9.72. The third-order valence-corrected chi connectivity index (χ3v) is 9.72. The van der Waals surface area contributed by atoms with Gasteiger partial charge in [0.15, 0.2) is 0 Å². The average molecular weight is 537 g/mol. The van der Waals surface area contributed by atoms with Crippen LogP contribution >= 0.6 is 0 Å². The van der Waals surface area contributed by atoms with E-state index in [1.165, 1.54) is 10.9 Å². The second kappa shape index (κ2) is 8.71. The van der Waals surface area contributed by atoms with E-state index in [1.54, 1.807) is 18.2 Å². The molecule has 6 heterocycles. The van der Waals surface area contributed by atoms with E-state index in [-0.39, 0.29) is 46.2 Å². The van der Waals surface area contributed by atoms with Gasteiger partial charge in [0.1, 0.15) is 0 Å². The van der Waals surface area contributed by atoms with Crippen LogP contribution in [0, 0.1) is 17.0 Å². The molecule has 204 valence electrons. The first kappa shape index (κ1) is 23.8. The van der Waals surface area contributed by atoms with Crippen molar-refractivity contribution in [3.63, 3.8) is 0 Å². The molecule has 0 spiro atoms. The number of hydrogen-bond donors (Lipinski definition) is 2. The first-order valence-corrected chi connectivity index (χ1v) is 14.1. The van der Waals surface area contributed by atoms with E-state index >= 15 is 0 Å². The summed E-state index contributed by atoms with van der Waals surface area (Å²) in [6.07, 6.45) is 2.24. The van der Waals surface area contributed by atoms with Gasteiger partial charge in [-0.25, -0.2) is 0 Å². The number of carbonyl (C=O) groups excluding carboxylic acids is 1. The van der Waals surface area contributed by atoms with Gasteiger partial charge in [0, 0.05) is 65.6 Å². The van der Waals surface area contributed by atoms with Crippen LogP contribution in [0.25, 0.3) is 10.9 Å². The Labute approximate surface area is 230 Å². The molecule has 1 saturated heterocycles. The van der Waals surface area contributed by atoms with Crippen LogP contribution < -0.4 is 15.7 Å². The van der Waals surface area contributed by atoms with Gasteiger partial charge in [-0.1, -0.05) is 24.3 Å². The third kappa shape index (κ3) is 3.47. The van der Waals surface area contributed by atoms with Crippen molar-refractivity contribution < 1.29 is 10.0 Å². The van der Waals surface area contributed by atoms with Crippen molar-refractivity contribution in [2.24, 2.45) is 11.8 Å². The smallest absolute Gasteiger partial charge is 0.250 e. The Kier molecular flexibility index (Phi) is 5.18. The minimum atomic E-state index is -0.320. The van der Waals surface area contributed by atoms with Crippen LogP contribution in [0.5, 0.6) is 0 Å². The van der Waals surface area contributed by atoms with Crippen LogP contribution in [0.1, 0.15) is 34.9 Å². The van der Waals surface area contributed by atoms with Crippen LogP contribution in [0.3, 0.4) is 0 Å². The molecule has 1 fully saturated rings. The molecule has 4 aliphatic rings. The van der Waals surface area contributed by atoms with Crippen molar-refractivity contribution in [3.05, 3.63) is 98.7 Å². The summed E-state index contributed by atoms with van der Waals surface area (Å²) in [5.74, 6) is 0.126. The van der Waals surface area contributed by atoms with Gasteiger partial charge in [0.25, 0.3) is 5.56 Å². The monoisotopic (exact) mass is 536 g/mol. The maximum Gasteiger partial charge on any atom is 0.250 e. The lowest BCUT2D eigenvalue weighted by Crippen LogP contribution is -2.61. The lowest BCUT2D eigenvalue weighted by Gasteiger charge is -2.55. The Morgan fingerprint density at radius 3 is 2.83 bits per heavy atom. The largest absolute Gasteiger partial charge is 0.733 e. The van der Waals surface area contributed by atoms with Gasteiger partial charge in [0.2, 0.25) is 5.91 Å². The normalized spacial score (nSPS) is 24.6. The maximum atomic E-state index is 14.4. The SMILES string of the molecule is O=C([C@@H]1Cc2cc(N([O-])O)ccc2N2CC3CC(Cn4c3cccc4=O)[C@@H]12)N1CCc2c([nH]c3ccccc23)C1. The second-order valence-corrected chi connectivity index (χ2v) is 11.8. The fourth-order valence-corrected chi connectivity index (χ4v) is 8.06. The van der Waals surface area contributed by atoms with Gasteiger partial charge < -0.3 is 29.8 Å². The van der Waals surface area contributed by atoms with Gasteiger partial charge in [0.05, 0.1) is 18.2 Å². The van der Waals surface area contributed by atoms with Crippen molar-refractivity contribution >= 4 is 28.2 Å². The van der Waals surface area contributed by atoms with Crippen molar-refractivity contribution in [2.75, 3.05) is 23.2 Å². The van der Waals surface area contributed by atoms with Gasteiger partial charge in [-0.2, -0.15) is 0 Å². The predicted molar refractivity (Wildman–Crippen MR) is 151 cm³/mol. The number of H-pyrrole nitrogens is 1. The summed E-state index contributed by atoms with van der Waals surface area (Å²) >= 11 is 0. The summed E-state index contributed by atoms with van der Waals surface area (Å²) in [5, 5.41) is 22.5. The number of amides is 1. The fraction of sp³-hybridized carbons (Fsp3) is 0.355. The lowest BCUT2D eigenvalue weighted by molar-refractivity contribution is -0.138. The summed E-state index contributed by atoms with van der Waals surface area (Å²) in [7, 11) is 0. The summed E-state index contributed by atoms with van der Waals surface area (Å²) in [5.41, 5.74) is 6.64. The molecule has 2 aromatic heterocycles. The number of hydrogen-bond acceptors (Lipinski definition) is 6. The fourth-order valence-electron chi connectivity index (χ4n) is 8.06. The van der Waals surface area contributed by atoms with E-state index in [4.69, 9.17) is 0 Å². The van der Waals surface area contributed by atoms with E-state index < -0.39 is 0 Å². The predicted octanol–water partition coefficient (Wildman–Crippen LogP) is 3.77. The molecule has 9 heteroatoms. The summed E-state index contributed by atoms with van der Waals surface area (Å²) in [6.45, 7) is 2.50. The molecule has 9 nitrogen and oxygen atoms in total. The first-order valence-electron chi connectivity index (χ1n) is 14.1. The standard InChI is InChI=1S/C31H30N5O4/c37-29-7-3-6-27-19-12-20(16-34(27)29)30-24(14-18-13-21(36(39)40)8-9-28(18)35(30)15-19)31(38)33-11-10-23-22-4-1-2-5-25(22)32-26(23)17-33/h1-9,13,19-20,24,30,32,39H,10-12,14-17H2/q-1/t19?,20?,24-,30+/m1/s1. The number of rotatable bonds is 2. The zero-order valence-electron chi connectivity index (χ0n) is 22.0. The topological polar surface area (TPSA) is 108 Å². The molecule has 2 aromatic carbocycles. The number of pyridine rings is 1. The van der Waals surface area contributed by atoms with Crippen LogP contribution in [0.15, 0.2) is 65.5 Å². The number of aromatic amines is 1. The van der Waals surface area contributed by atoms with Crippen LogP contribution in [0.2, 0.25) is 0 Å². The van der Waals surface area contributed by atoms with E-state index in [9.17, 15) is 20.0 Å². The number of aromatic nitrogens is 2. The van der Waals surface area contributed by atoms with Crippen LogP contribution in [-0.2, 0) is 30.7 Å². The first-order chi connectivity index (χ1) is 19.5. The van der Waals surface area contributed by atoms with E-state index in [0.717, 1.165) is 41.0 Å². The number of anilines is 2. The molecule has 2 N–H and O–H groups in total. The van der Waals surface area contributed by atoms with Crippen LogP contribution in [-0.4, -0.2) is 44.7 Å². The maximum absolute atomic E-state index is 14.4. The average Bonchev–Trinajstić information content (AvgIpc) is 3.34. The minimum Gasteiger partial charge on any atom is -0.733 e. The number of nitrogens with one attached hydrogen (secondary N) is 1. The quantitative estimate of drug-likeness (QED) is 0.378. The Morgan fingerprint density at radius 1 is 1.07 bits per heavy atom. The van der Waals surface area contributed by atoms with E-state index in [1.807, 2.05) is 33.7 Å². The second-order valence-electron chi connectivity index (χ2n) is 11.8. The highest BCUT2D eigenvalue weighted by Gasteiger charge is 2.50. The Balaban J connectivity index is 1.19. The highest BCUT2D eigenvalue weighted by atomic mass is 16.8. The molecule has 4 aliphatic heterocycles. The number of carbonyl (C=O) groups is 1. The van der Waals surface area contributed by atoms with Crippen LogP contribution in [0.4, 0.5) is 11.4 Å². The molecule has 8 rings (SSSR count). The number of para-hydroxylation sites is 1. The van der Waals surface area contributed by atoms with Crippen molar-refractivity contribution in [1.82, 2.24) is 14.5 Å². The lowest BCUT2D eigenvalue weighted by atomic mass is 9.69. The molecule has 40 heavy (non-hydrogen) atoms. The highest BCUT2D eigenvalue weighted by Crippen LogP contribution is 2.48. The number of nitrogens with zero attached hydrogens (tertiary/aromatic N) is 4. The Morgan fingerprint density at radius 2 is 1.95 bits per heavy atom. The summed E-state index contributed by atoms with van der Waals surface area (Å²) in [6, 6.07) is 19.0. The van der Waals surface area contributed by atoms with Gasteiger partial charge >= 0.3 is 0 Å². The van der Waals surface area contributed by atoms with Gasteiger partial charge in [-0.15, -0.1) is 0 Å². The molecule has 4 atom stereocenters. The van der Waals surface area contributed by atoms with Crippen molar-refractivity contribution in [1.29, 1.82) is 0 Å². The zero-order chi connectivity index (χ0) is 27.1. The Bertz CT molecular complexity index is 1720. The van der Waals surface area contributed by atoms with E-state index in [0.29, 0.717) is 32.6 Å². The molecule has 2 unspecified atom stereocenters. The van der Waals surface area contributed by atoms with Gasteiger partial charge in [-0.05, 0) is 66.6 Å². The minimum absolute atomic E-state index is 0.0187. The molecule has 2 bridgehead atoms. The number of benzene rings is 2. The molecular weight excluding hydrogens is 506 g/mol. The van der Waals surface area contributed by atoms with Crippen molar-refractivity contribution in [2.45, 2.75) is 44.3 Å². The molecular formula is C31H30N5O4-. The molecule has 4 aromatic rings. The molecule has 1 amide bonds. The number of fused-ring (bicyclic) bond motifs is 11. The highest BCUT2D eigenvalue weighted by molar-refractivity contribution is 5.87.